The number of anilines is 1. The number of esters is 1. The van der Waals surface area contributed by atoms with E-state index in [1.807, 2.05) is 19.1 Å². The zero-order valence-electron chi connectivity index (χ0n) is 17.6. The maximum absolute atomic E-state index is 12.1. The predicted octanol–water partition coefficient (Wildman–Crippen LogP) is 5.07. The normalized spacial score (nSPS) is 16.9. The van der Waals surface area contributed by atoms with Crippen molar-refractivity contribution in [2.45, 2.75) is 52.7 Å². The summed E-state index contributed by atoms with van der Waals surface area (Å²) < 4.78 is 11.3. The van der Waals surface area contributed by atoms with Crippen molar-refractivity contribution in [1.82, 2.24) is 5.32 Å². The van der Waals surface area contributed by atoms with Crippen LogP contribution in [0, 0.1) is 13.8 Å². The second-order valence-electron chi connectivity index (χ2n) is 7.96. The number of rotatable bonds is 4. The Balaban J connectivity index is 1.78. The molecule has 0 unspecified atom stereocenters. The van der Waals surface area contributed by atoms with Gasteiger partial charge in [0.2, 0.25) is 0 Å². The summed E-state index contributed by atoms with van der Waals surface area (Å²) in [5.74, 6) is 0.560. The summed E-state index contributed by atoms with van der Waals surface area (Å²) in [6, 6.07) is 11.7. The molecule has 1 atom stereocenters. The summed E-state index contributed by atoms with van der Waals surface area (Å²) in [7, 11) is 0. The number of carbonyl (C=O) groups excluding carboxylic acids is 1. The van der Waals surface area contributed by atoms with Crippen LogP contribution >= 0.6 is 12.2 Å². The van der Waals surface area contributed by atoms with E-state index in [4.69, 9.17) is 21.7 Å². The Labute approximate surface area is 177 Å². The van der Waals surface area contributed by atoms with Gasteiger partial charge in [0.05, 0.1) is 18.2 Å². The first kappa shape index (κ1) is 21.1. The van der Waals surface area contributed by atoms with Gasteiger partial charge < -0.3 is 20.1 Å². The summed E-state index contributed by atoms with van der Waals surface area (Å²) in [6.45, 7) is 10.2. The molecule has 2 N–H and O–H groups in total. The van der Waals surface area contributed by atoms with Crippen LogP contribution < -0.4 is 15.4 Å². The number of hydrogen-bond donors (Lipinski definition) is 2. The zero-order chi connectivity index (χ0) is 21.2. The van der Waals surface area contributed by atoms with Crippen molar-refractivity contribution in [2.75, 3.05) is 11.9 Å². The van der Waals surface area contributed by atoms with Crippen molar-refractivity contribution in [3.63, 3.8) is 0 Å². The molecular weight excluding hydrogens is 384 g/mol. The molecule has 3 rings (SSSR count). The van der Waals surface area contributed by atoms with Crippen LogP contribution in [-0.2, 0) is 4.74 Å². The number of carbonyl (C=O) groups is 1. The van der Waals surface area contributed by atoms with Gasteiger partial charge in [0.25, 0.3) is 0 Å². The van der Waals surface area contributed by atoms with Gasteiger partial charge in [-0.15, -0.1) is 0 Å². The van der Waals surface area contributed by atoms with E-state index in [-0.39, 0.29) is 17.6 Å². The molecule has 0 fully saturated rings. The van der Waals surface area contributed by atoms with Gasteiger partial charge in [-0.1, -0.05) is 18.2 Å². The van der Waals surface area contributed by atoms with Gasteiger partial charge in [-0.2, -0.15) is 0 Å². The second-order valence-corrected chi connectivity index (χ2v) is 8.37. The fourth-order valence-electron chi connectivity index (χ4n) is 3.61. The van der Waals surface area contributed by atoms with E-state index in [0.29, 0.717) is 17.3 Å². The molecule has 2 aromatic rings. The largest absolute Gasteiger partial charge is 0.487 e. The third-order valence-corrected chi connectivity index (χ3v) is 5.23. The molecule has 1 aliphatic heterocycles. The minimum absolute atomic E-state index is 0.0305. The van der Waals surface area contributed by atoms with Crippen molar-refractivity contribution in [2.24, 2.45) is 0 Å². The molecule has 0 bridgehead atoms. The molecule has 0 saturated heterocycles. The first-order chi connectivity index (χ1) is 13.7. The number of fused-ring (bicyclic) bond motifs is 1. The van der Waals surface area contributed by atoms with Gasteiger partial charge in [0, 0.05) is 17.7 Å². The lowest BCUT2D eigenvalue weighted by Crippen LogP contribution is -2.42. The van der Waals surface area contributed by atoms with Crippen LogP contribution in [0.3, 0.4) is 0 Å². The smallest absolute Gasteiger partial charge is 0.338 e. The van der Waals surface area contributed by atoms with E-state index in [1.54, 1.807) is 13.0 Å². The summed E-state index contributed by atoms with van der Waals surface area (Å²) in [4.78, 5) is 12.1. The van der Waals surface area contributed by atoms with Crippen LogP contribution in [0.25, 0.3) is 0 Å². The maximum atomic E-state index is 12.1. The molecular formula is C23H28N2O3S. The SMILES string of the molecule is CCOC(=O)c1cccc(NC(=S)N[C@@H]2CC(C)(C)Oc3cc(C)ccc32)c1C. The zero-order valence-corrected chi connectivity index (χ0v) is 18.4. The van der Waals surface area contributed by atoms with Crippen LogP contribution in [0.2, 0.25) is 0 Å². The average molecular weight is 413 g/mol. The Hall–Kier alpha value is -2.60. The van der Waals surface area contributed by atoms with E-state index < -0.39 is 0 Å². The second kappa shape index (κ2) is 8.41. The van der Waals surface area contributed by atoms with Crippen LogP contribution in [-0.4, -0.2) is 23.3 Å². The maximum Gasteiger partial charge on any atom is 0.338 e. The fourth-order valence-corrected chi connectivity index (χ4v) is 3.86. The molecule has 29 heavy (non-hydrogen) atoms. The van der Waals surface area contributed by atoms with E-state index in [2.05, 4.69) is 49.6 Å². The predicted molar refractivity (Wildman–Crippen MR) is 120 cm³/mol. The van der Waals surface area contributed by atoms with E-state index in [1.165, 1.54) is 0 Å². The highest BCUT2D eigenvalue weighted by molar-refractivity contribution is 7.80. The van der Waals surface area contributed by atoms with Gasteiger partial charge in [-0.05, 0) is 76.2 Å². The number of nitrogens with one attached hydrogen (secondary N) is 2. The molecule has 0 aliphatic carbocycles. The third-order valence-electron chi connectivity index (χ3n) is 5.01. The van der Waals surface area contributed by atoms with Crippen LogP contribution in [0.5, 0.6) is 5.75 Å². The first-order valence-electron chi connectivity index (χ1n) is 9.84. The molecule has 1 aliphatic rings. The minimum Gasteiger partial charge on any atom is -0.487 e. The Morgan fingerprint density at radius 1 is 1.28 bits per heavy atom. The molecule has 5 nitrogen and oxygen atoms in total. The number of ether oxygens (including phenoxy) is 2. The number of aryl methyl sites for hydroxylation is 1. The Morgan fingerprint density at radius 3 is 2.76 bits per heavy atom. The summed E-state index contributed by atoms with van der Waals surface area (Å²) in [5, 5.41) is 7.16. The lowest BCUT2D eigenvalue weighted by atomic mass is 9.89. The lowest BCUT2D eigenvalue weighted by molar-refractivity contribution is 0.0525. The summed E-state index contributed by atoms with van der Waals surface area (Å²) >= 11 is 5.59. The Morgan fingerprint density at radius 2 is 2.03 bits per heavy atom. The van der Waals surface area contributed by atoms with Gasteiger partial charge in [0.1, 0.15) is 11.4 Å². The first-order valence-corrected chi connectivity index (χ1v) is 10.2. The highest BCUT2D eigenvalue weighted by atomic mass is 32.1. The van der Waals surface area contributed by atoms with Gasteiger partial charge >= 0.3 is 5.97 Å². The molecule has 1 heterocycles. The molecule has 0 aromatic heterocycles. The van der Waals surface area contributed by atoms with Crippen LogP contribution in [0.4, 0.5) is 5.69 Å². The number of hydrogen-bond acceptors (Lipinski definition) is 4. The fraction of sp³-hybridized carbons (Fsp3) is 0.391. The summed E-state index contributed by atoms with van der Waals surface area (Å²) in [6.07, 6.45) is 0.784. The number of thiocarbonyl (C=S) groups is 1. The lowest BCUT2D eigenvalue weighted by Gasteiger charge is -2.38. The van der Waals surface area contributed by atoms with Crippen molar-refractivity contribution in [1.29, 1.82) is 0 Å². The average Bonchev–Trinajstić information content (AvgIpc) is 2.62. The molecule has 0 amide bonds. The highest BCUT2D eigenvalue weighted by Gasteiger charge is 2.34. The minimum atomic E-state index is -0.331. The molecule has 154 valence electrons. The van der Waals surface area contributed by atoms with Crippen molar-refractivity contribution in [3.8, 4) is 5.75 Å². The van der Waals surface area contributed by atoms with Crippen molar-refractivity contribution in [3.05, 3.63) is 58.7 Å². The van der Waals surface area contributed by atoms with Crippen LogP contribution in [0.1, 0.15) is 60.3 Å². The van der Waals surface area contributed by atoms with Gasteiger partial charge in [-0.25, -0.2) is 4.79 Å². The topological polar surface area (TPSA) is 59.6 Å². The highest BCUT2D eigenvalue weighted by Crippen LogP contribution is 2.40. The molecule has 0 saturated carbocycles. The molecule has 0 spiro atoms. The van der Waals surface area contributed by atoms with Gasteiger partial charge in [-0.3, -0.25) is 0 Å². The molecule has 6 heteroatoms. The third kappa shape index (κ3) is 4.88. The van der Waals surface area contributed by atoms with Crippen molar-refractivity contribution >= 4 is 29.0 Å². The van der Waals surface area contributed by atoms with E-state index in [9.17, 15) is 4.79 Å². The standard InChI is InChI=1S/C23H28N2O3S/c1-6-27-21(26)16-8-7-9-18(15(16)3)24-22(29)25-19-13-23(4,5)28-20-12-14(2)10-11-17(19)20/h7-12,19H,6,13H2,1-5H3,(H2,24,25,29)/t19-/m1/s1. The monoisotopic (exact) mass is 412 g/mol. The van der Waals surface area contributed by atoms with E-state index in [0.717, 1.165) is 34.5 Å². The molecule has 0 radical (unpaired) electrons. The number of benzene rings is 2. The van der Waals surface area contributed by atoms with Crippen LogP contribution in [0.15, 0.2) is 36.4 Å². The quantitative estimate of drug-likeness (QED) is 0.540. The Kier molecular flexibility index (Phi) is 6.13. The Bertz CT molecular complexity index is 940. The van der Waals surface area contributed by atoms with Crippen molar-refractivity contribution < 1.29 is 14.3 Å². The summed E-state index contributed by atoms with van der Waals surface area (Å²) in [5.41, 5.74) is 4.08. The van der Waals surface area contributed by atoms with Gasteiger partial charge in [0.15, 0.2) is 5.11 Å². The molecule has 2 aromatic carbocycles. The van der Waals surface area contributed by atoms with E-state index >= 15 is 0 Å².